The number of rotatable bonds is 2. The molecule has 2 N–H and O–H groups in total. The Morgan fingerprint density at radius 2 is 1.93 bits per heavy atom. The average Bonchev–Trinajstić information content (AvgIpc) is 2.68. The van der Waals surface area contributed by atoms with E-state index in [1.54, 1.807) is 0 Å². The van der Waals surface area contributed by atoms with E-state index < -0.39 is 0 Å². The fraction of sp³-hybridized carbons (Fsp3) is 0.200. The van der Waals surface area contributed by atoms with Crippen LogP contribution in [0.2, 0.25) is 0 Å². The Labute approximate surface area is 93.9 Å². The van der Waals surface area contributed by atoms with E-state index in [4.69, 9.17) is 10.3 Å². The van der Waals surface area contributed by atoms with Gasteiger partial charge in [-0.15, -0.1) is 12.4 Å². The summed E-state index contributed by atoms with van der Waals surface area (Å²) in [5.41, 5.74) is 6.53. The van der Waals surface area contributed by atoms with Gasteiger partial charge in [0.1, 0.15) is 0 Å². The van der Waals surface area contributed by atoms with E-state index >= 15 is 0 Å². The summed E-state index contributed by atoms with van der Waals surface area (Å²) in [6.45, 7) is 1.82. The quantitative estimate of drug-likeness (QED) is 0.851. The molecule has 5 heteroatoms. The predicted octanol–water partition coefficient (Wildman–Crippen LogP) is 2.18. The second-order valence-electron chi connectivity index (χ2n) is 3.11. The Kier molecular flexibility index (Phi) is 3.82. The molecule has 0 radical (unpaired) electrons. The van der Waals surface area contributed by atoms with Crippen LogP contribution in [0, 0.1) is 0 Å². The second kappa shape index (κ2) is 4.91. The lowest BCUT2D eigenvalue weighted by Crippen LogP contribution is -2.06. The van der Waals surface area contributed by atoms with E-state index in [-0.39, 0.29) is 18.4 Å². The fourth-order valence-corrected chi connectivity index (χ4v) is 1.12. The van der Waals surface area contributed by atoms with Crippen molar-refractivity contribution in [3.8, 4) is 11.5 Å². The van der Waals surface area contributed by atoms with Gasteiger partial charge in [-0.2, -0.15) is 4.98 Å². The van der Waals surface area contributed by atoms with Gasteiger partial charge in [-0.25, -0.2) is 0 Å². The summed E-state index contributed by atoms with van der Waals surface area (Å²) in [5.74, 6) is 1.04. The normalized spacial score (nSPS) is 11.9. The highest BCUT2D eigenvalue weighted by molar-refractivity contribution is 5.85. The van der Waals surface area contributed by atoms with Crippen LogP contribution in [0.3, 0.4) is 0 Å². The standard InChI is InChI=1S/C10H11N3O.ClH/c1-7(11)9-12-10(14-13-9)8-5-3-2-4-6-8;/h2-7H,11H2,1H3;1H/t7-;/m0./s1. The summed E-state index contributed by atoms with van der Waals surface area (Å²) in [7, 11) is 0. The molecule has 0 aliphatic rings. The number of hydrogen-bond acceptors (Lipinski definition) is 4. The summed E-state index contributed by atoms with van der Waals surface area (Å²) in [4.78, 5) is 4.18. The minimum absolute atomic E-state index is 0. The summed E-state index contributed by atoms with van der Waals surface area (Å²) < 4.78 is 5.07. The van der Waals surface area contributed by atoms with Crippen LogP contribution in [-0.2, 0) is 0 Å². The van der Waals surface area contributed by atoms with Gasteiger partial charge < -0.3 is 10.3 Å². The first kappa shape index (κ1) is 11.7. The SMILES string of the molecule is C[C@H](N)c1noc(-c2ccccc2)n1.Cl. The van der Waals surface area contributed by atoms with Crippen molar-refractivity contribution in [1.29, 1.82) is 0 Å². The molecule has 0 aliphatic heterocycles. The predicted molar refractivity (Wildman–Crippen MR) is 59.6 cm³/mol. The van der Waals surface area contributed by atoms with E-state index in [0.29, 0.717) is 11.7 Å². The van der Waals surface area contributed by atoms with Crippen molar-refractivity contribution in [2.75, 3.05) is 0 Å². The molecule has 1 aromatic carbocycles. The fourth-order valence-electron chi connectivity index (χ4n) is 1.12. The lowest BCUT2D eigenvalue weighted by molar-refractivity contribution is 0.418. The highest BCUT2D eigenvalue weighted by Gasteiger charge is 2.10. The van der Waals surface area contributed by atoms with Crippen LogP contribution in [0.15, 0.2) is 34.9 Å². The molecule has 1 atom stereocenters. The van der Waals surface area contributed by atoms with Crippen molar-refractivity contribution in [1.82, 2.24) is 10.1 Å². The van der Waals surface area contributed by atoms with Gasteiger partial charge in [0.15, 0.2) is 5.82 Å². The first-order valence-electron chi connectivity index (χ1n) is 4.42. The topological polar surface area (TPSA) is 64.9 Å². The highest BCUT2D eigenvalue weighted by Crippen LogP contribution is 2.17. The van der Waals surface area contributed by atoms with Gasteiger partial charge in [-0.3, -0.25) is 0 Å². The number of nitrogens with zero attached hydrogens (tertiary/aromatic N) is 2. The van der Waals surface area contributed by atoms with Gasteiger partial charge in [0.05, 0.1) is 6.04 Å². The maximum absolute atomic E-state index is 5.62. The summed E-state index contributed by atoms with van der Waals surface area (Å²) >= 11 is 0. The maximum Gasteiger partial charge on any atom is 0.257 e. The molecule has 15 heavy (non-hydrogen) atoms. The van der Waals surface area contributed by atoms with Gasteiger partial charge in [0.2, 0.25) is 0 Å². The minimum Gasteiger partial charge on any atom is -0.334 e. The van der Waals surface area contributed by atoms with Crippen molar-refractivity contribution >= 4 is 12.4 Å². The highest BCUT2D eigenvalue weighted by atomic mass is 35.5. The van der Waals surface area contributed by atoms with E-state index in [2.05, 4.69) is 10.1 Å². The van der Waals surface area contributed by atoms with Crippen LogP contribution in [-0.4, -0.2) is 10.1 Å². The monoisotopic (exact) mass is 225 g/mol. The minimum atomic E-state index is -0.198. The Morgan fingerprint density at radius 1 is 1.27 bits per heavy atom. The molecule has 4 nitrogen and oxygen atoms in total. The number of aromatic nitrogens is 2. The van der Waals surface area contributed by atoms with Gasteiger partial charge in [-0.1, -0.05) is 23.4 Å². The largest absolute Gasteiger partial charge is 0.334 e. The molecule has 80 valence electrons. The lowest BCUT2D eigenvalue weighted by Gasteiger charge is -1.93. The van der Waals surface area contributed by atoms with Crippen LogP contribution < -0.4 is 5.73 Å². The second-order valence-corrected chi connectivity index (χ2v) is 3.11. The maximum atomic E-state index is 5.62. The number of halogens is 1. The van der Waals surface area contributed by atoms with Gasteiger partial charge in [0.25, 0.3) is 5.89 Å². The molecule has 1 aromatic heterocycles. The van der Waals surface area contributed by atoms with Crippen molar-refractivity contribution in [2.24, 2.45) is 5.73 Å². The molecule has 0 fully saturated rings. The van der Waals surface area contributed by atoms with E-state index in [1.165, 1.54) is 0 Å². The van der Waals surface area contributed by atoms with Crippen LogP contribution in [0.1, 0.15) is 18.8 Å². The van der Waals surface area contributed by atoms with Crippen LogP contribution >= 0.6 is 12.4 Å². The summed E-state index contributed by atoms with van der Waals surface area (Å²) in [5, 5.41) is 3.78. The van der Waals surface area contributed by atoms with Crippen molar-refractivity contribution in [3.05, 3.63) is 36.2 Å². The molecule has 0 spiro atoms. The molecule has 0 amide bonds. The van der Waals surface area contributed by atoms with Gasteiger partial charge in [-0.05, 0) is 19.1 Å². The van der Waals surface area contributed by atoms with Gasteiger partial charge >= 0.3 is 0 Å². The van der Waals surface area contributed by atoms with E-state index in [1.807, 2.05) is 37.3 Å². The van der Waals surface area contributed by atoms with Crippen molar-refractivity contribution in [2.45, 2.75) is 13.0 Å². The molecule has 0 saturated heterocycles. The van der Waals surface area contributed by atoms with Crippen LogP contribution in [0.25, 0.3) is 11.5 Å². The molecule has 2 rings (SSSR count). The molecule has 0 aliphatic carbocycles. The van der Waals surface area contributed by atoms with Crippen LogP contribution in [0.5, 0.6) is 0 Å². The Hall–Kier alpha value is -1.39. The van der Waals surface area contributed by atoms with E-state index in [9.17, 15) is 0 Å². The first-order chi connectivity index (χ1) is 6.77. The number of hydrogen-bond donors (Lipinski definition) is 1. The number of benzene rings is 1. The third-order valence-corrected chi connectivity index (χ3v) is 1.87. The van der Waals surface area contributed by atoms with Crippen LogP contribution in [0.4, 0.5) is 0 Å². The summed E-state index contributed by atoms with van der Waals surface area (Å²) in [6, 6.07) is 9.41. The van der Waals surface area contributed by atoms with Gasteiger partial charge in [0, 0.05) is 5.56 Å². The zero-order valence-corrected chi connectivity index (χ0v) is 9.07. The molecule has 1 heterocycles. The van der Waals surface area contributed by atoms with E-state index in [0.717, 1.165) is 5.56 Å². The zero-order valence-electron chi connectivity index (χ0n) is 8.25. The van der Waals surface area contributed by atoms with Crippen molar-refractivity contribution in [3.63, 3.8) is 0 Å². The zero-order chi connectivity index (χ0) is 9.97. The smallest absolute Gasteiger partial charge is 0.257 e. The third kappa shape index (κ3) is 2.55. The molecule has 0 unspecified atom stereocenters. The Balaban J connectivity index is 0.00000112. The lowest BCUT2D eigenvalue weighted by atomic mass is 10.2. The number of nitrogens with two attached hydrogens (primary N) is 1. The average molecular weight is 226 g/mol. The first-order valence-corrected chi connectivity index (χ1v) is 4.42. The van der Waals surface area contributed by atoms with Crippen molar-refractivity contribution < 1.29 is 4.52 Å². The molecular formula is C10H12ClN3O. The Bertz CT molecular complexity index is 414. The molecule has 0 bridgehead atoms. The molecular weight excluding hydrogens is 214 g/mol. The molecule has 2 aromatic rings. The Morgan fingerprint density at radius 3 is 2.47 bits per heavy atom. The third-order valence-electron chi connectivity index (χ3n) is 1.87. The molecule has 0 saturated carbocycles. The summed E-state index contributed by atoms with van der Waals surface area (Å²) in [6.07, 6.45) is 0.